The van der Waals surface area contributed by atoms with Crippen LogP contribution in [0.25, 0.3) is 0 Å². The molecule has 2 aliphatic carbocycles. The van der Waals surface area contributed by atoms with E-state index in [2.05, 4.69) is 6.92 Å². The van der Waals surface area contributed by atoms with E-state index >= 15 is 0 Å². The van der Waals surface area contributed by atoms with Crippen LogP contribution < -0.4 is 4.74 Å². The Morgan fingerprint density at radius 1 is 0.923 bits per heavy atom. The number of ether oxygens (including phenoxy) is 1. The molecule has 26 heavy (non-hydrogen) atoms. The quantitative estimate of drug-likeness (QED) is 0.547. The topological polar surface area (TPSA) is 9.23 Å². The summed E-state index contributed by atoms with van der Waals surface area (Å²) in [5.74, 6) is -2.94. The molecule has 1 aromatic carbocycles. The van der Waals surface area contributed by atoms with Gasteiger partial charge in [0.15, 0.2) is 11.6 Å². The fourth-order valence-electron chi connectivity index (χ4n) is 5.12. The molecule has 0 amide bonds. The molecule has 0 N–H and O–H groups in total. The first-order chi connectivity index (χ1) is 12.5. The van der Waals surface area contributed by atoms with Gasteiger partial charge in [0.25, 0.3) is 0 Å². The second-order valence-corrected chi connectivity index (χ2v) is 7.89. The first-order valence-electron chi connectivity index (χ1n) is 9.85. The highest BCUT2D eigenvalue weighted by molar-refractivity contribution is 5.34. The molecular formula is C21H28F4O. The molecule has 0 bridgehead atoms. The molecule has 0 aromatic heterocycles. The van der Waals surface area contributed by atoms with Crippen LogP contribution in [0, 0.1) is 29.4 Å². The van der Waals surface area contributed by atoms with E-state index in [1.807, 2.05) is 0 Å². The number of hydrogen-bond donors (Lipinski definition) is 0. The van der Waals surface area contributed by atoms with Gasteiger partial charge in [-0.2, -0.15) is 4.39 Å². The zero-order chi connectivity index (χ0) is 18.8. The van der Waals surface area contributed by atoms with Crippen LogP contribution in [-0.4, -0.2) is 19.0 Å². The monoisotopic (exact) mass is 372 g/mol. The van der Waals surface area contributed by atoms with E-state index in [1.54, 1.807) is 6.92 Å². The van der Waals surface area contributed by atoms with Crippen LogP contribution in [0.1, 0.15) is 63.9 Å². The second kappa shape index (κ2) is 8.18. The Morgan fingerprint density at radius 2 is 1.54 bits per heavy atom. The summed E-state index contributed by atoms with van der Waals surface area (Å²) in [5.41, 5.74) is -0.198. The van der Waals surface area contributed by atoms with Gasteiger partial charge < -0.3 is 4.74 Å². The lowest BCUT2D eigenvalue weighted by atomic mass is 9.86. The molecule has 1 nitrogen and oxygen atoms in total. The molecule has 5 heteroatoms. The number of rotatable bonds is 5. The normalized spacial score (nSPS) is 34.4. The Balaban J connectivity index is 1.83. The number of halogens is 4. The number of benzene rings is 1. The largest absolute Gasteiger partial charge is 0.491 e. The Labute approximate surface area is 153 Å². The first kappa shape index (κ1) is 19.5. The SMILES string of the molecule is CCCC1CC2CC(F)C(c3ccc(OCC)c(F)c3F)C(F)CC2C1. The van der Waals surface area contributed by atoms with Crippen LogP contribution in [0.15, 0.2) is 12.1 Å². The molecule has 0 saturated heterocycles. The highest BCUT2D eigenvalue weighted by atomic mass is 19.2. The van der Waals surface area contributed by atoms with E-state index in [4.69, 9.17) is 4.74 Å². The van der Waals surface area contributed by atoms with E-state index in [1.165, 1.54) is 12.1 Å². The van der Waals surface area contributed by atoms with Crippen molar-refractivity contribution in [2.75, 3.05) is 6.61 Å². The molecule has 4 atom stereocenters. The van der Waals surface area contributed by atoms with Gasteiger partial charge in [0.05, 0.1) is 6.61 Å². The molecule has 4 unspecified atom stereocenters. The molecule has 3 rings (SSSR count). The van der Waals surface area contributed by atoms with Crippen LogP contribution in [0.3, 0.4) is 0 Å². The van der Waals surface area contributed by atoms with Crippen molar-refractivity contribution in [1.29, 1.82) is 0 Å². The molecule has 0 heterocycles. The minimum atomic E-state index is -1.49. The van der Waals surface area contributed by atoms with E-state index in [0.717, 1.165) is 25.7 Å². The molecule has 0 spiro atoms. The van der Waals surface area contributed by atoms with Crippen molar-refractivity contribution in [3.8, 4) is 5.75 Å². The maximum Gasteiger partial charge on any atom is 0.200 e. The lowest BCUT2D eigenvalue weighted by Gasteiger charge is -2.24. The van der Waals surface area contributed by atoms with Gasteiger partial charge in [-0.1, -0.05) is 25.8 Å². The van der Waals surface area contributed by atoms with Crippen LogP contribution in [0.4, 0.5) is 17.6 Å². The zero-order valence-corrected chi connectivity index (χ0v) is 15.5. The van der Waals surface area contributed by atoms with Crippen LogP contribution in [0.5, 0.6) is 5.75 Å². The maximum atomic E-state index is 15.0. The summed E-state index contributed by atoms with van der Waals surface area (Å²) in [4.78, 5) is 0. The van der Waals surface area contributed by atoms with E-state index in [9.17, 15) is 17.6 Å². The van der Waals surface area contributed by atoms with Gasteiger partial charge in [-0.15, -0.1) is 0 Å². The van der Waals surface area contributed by atoms with Crippen molar-refractivity contribution >= 4 is 0 Å². The van der Waals surface area contributed by atoms with Gasteiger partial charge in [-0.25, -0.2) is 13.2 Å². The number of fused-ring (bicyclic) bond motifs is 1. The van der Waals surface area contributed by atoms with Gasteiger partial charge in [0, 0.05) is 11.5 Å². The highest BCUT2D eigenvalue weighted by Gasteiger charge is 2.45. The standard InChI is InChI=1S/C21H28F4O/c1-3-5-12-8-13-10-16(22)19(17(23)11-14(13)9-12)15-6-7-18(26-4-2)21(25)20(15)24/h6-7,12-14,16-17,19H,3-5,8-11H2,1-2H3. The predicted octanol–water partition coefficient (Wildman–Crippen LogP) is 6.36. The van der Waals surface area contributed by atoms with Crippen LogP contribution >= 0.6 is 0 Å². The lowest BCUT2D eigenvalue weighted by molar-refractivity contribution is 0.169. The molecule has 2 aliphatic rings. The van der Waals surface area contributed by atoms with Crippen molar-refractivity contribution in [3.63, 3.8) is 0 Å². The number of hydrogen-bond acceptors (Lipinski definition) is 1. The molecule has 2 saturated carbocycles. The minimum Gasteiger partial charge on any atom is -0.491 e. The van der Waals surface area contributed by atoms with Crippen molar-refractivity contribution in [2.24, 2.45) is 17.8 Å². The Bertz CT molecular complexity index is 600. The summed E-state index contributed by atoms with van der Waals surface area (Å²) in [7, 11) is 0. The fraction of sp³-hybridized carbons (Fsp3) is 0.714. The van der Waals surface area contributed by atoms with Crippen molar-refractivity contribution < 1.29 is 22.3 Å². The molecule has 0 radical (unpaired) electrons. The zero-order valence-electron chi connectivity index (χ0n) is 15.5. The predicted molar refractivity (Wildman–Crippen MR) is 93.9 cm³/mol. The van der Waals surface area contributed by atoms with E-state index in [-0.39, 0.29) is 42.6 Å². The number of alkyl halides is 2. The maximum absolute atomic E-state index is 15.0. The van der Waals surface area contributed by atoms with Gasteiger partial charge >= 0.3 is 0 Å². The molecule has 0 aliphatic heterocycles. The van der Waals surface area contributed by atoms with Crippen molar-refractivity contribution in [1.82, 2.24) is 0 Å². The molecular weight excluding hydrogens is 344 g/mol. The molecule has 1 aromatic rings. The van der Waals surface area contributed by atoms with Crippen LogP contribution in [-0.2, 0) is 0 Å². The highest BCUT2D eigenvalue weighted by Crippen LogP contribution is 2.50. The summed E-state index contributed by atoms with van der Waals surface area (Å²) in [5, 5.41) is 0. The Hall–Kier alpha value is -1.26. The first-order valence-corrected chi connectivity index (χ1v) is 9.85. The summed E-state index contributed by atoms with van der Waals surface area (Å²) in [6.45, 7) is 3.98. The molecule has 146 valence electrons. The van der Waals surface area contributed by atoms with Crippen LogP contribution in [0.2, 0.25) is 0 Å². The third-order valence-corrected chi connectivity index (χ3v) is 6.21. The Kier molecular flexibility index (Phi) is 6.13. The van der Waals surface area contributed by atoms with Gasteiger partial charge in [0.1, 0.15) is 12.3 Å². The van der Waals surface area contributed by atoms with Crippen molar-refractivity contribution in [2.45, 2.75) is 70.6 Å². The fourth-order valence-corrected chi connectivity index (χ4v) is 5.12. The lowest BCUT2D eigenvalue weighted by Crippen LogP contribution is -2.25. The van der Waals surface area contributed by atoms with E-state index in [0.29, 0.717) is 5.92 Å². The smallest absolute Gasteiger partial charge is 0.200 e. The van der Waals surface area contributed by atoms with Gasteiger partial charge in [-0.3, -0.25) is 0 Å². The van der Waals surface area contributed by atoms with Gasteiger partial charge in [0.2, 0.25) is 5.82 Å². The van der Waals surface area contributed by atoms with E-state index < -0.39 is 29.9 Å². The summed E-state index contributed by atoms with van der Waals surface area (Å²) < 4.78 is 63.7. The molecule has 2 fully saturated rings. The summed E-state index contributed by atoms with van der Waals surface area (Å²) in [6, 6.07) is 2.56. The third-order valence-electron chi connectivity index (χ3n) is 6.21. The third kappa shape index (κ3) is 3.72. The second-order valence-electron chi connectivity index (χ2n) is 7.89. The average Bonchev–Trinajstić information content (AvgIpc) is 2.90. The summed E-state index contributed by atoms with van der Waals surface area (Å²) >= 11 is 0. The minimum absolute atomic E-state index is 0.153. The Morgan fingerprint density at radius 3 is 2.08 bits per heavy atom. The van der Waals surface area contributed by atoms with Crippen molar-refractivity contribution in [3.05, 3.63) is 29.3 Å². The summed E-state index contributed by atoms with van der Waals surface area (Å²) in [6.07, 6.45) is 1.54. The average molecular weight is 372 g/mol. The van der Waals surface area contributed by atoms with Gasteiger partial charge in [-0.05, 0) is 56.4 Å².